The third-order valence-corrected chi connectivity index (χ3v) is 6.51. The van der Waals surface area contributed by atoms with Gasteiger partial charge in [-0.05, 0) is 53.2 Å². The van der Waals surface area contributed by atoms with E-state index in [1.54, 1.807) is 18.2 Å². The molecule has 2 aliphatic rings. The van der Waals surface area contributed by atoms with Crippen molar-refractivity contribution in [3.8, 4) is 17.2 Å². The monoisotopic (exact) mass is 467 g/mol. The highest BCUT2D eigenvalue weighted by molar-refractivity contribution is 8.18. The minimum atomic E-state index is -0.371. The zero-order valence-corrected chi connectivity index (χ0v) is 18.7. The Bertz CT molecular complexity index is 1290. The molecule has 0 N–H and O–H groups in total. The van der Waals surface area contributed by atoms with Crippen molar-refractivity contribution in [1.29, 1.82) is 0 Å². The van der Waals surface area contributed by atoms with Crippen LogP contribution in [0.5, 0.6) is 17.2 Å². The summed E-state index contributed by atoms with van der Waals surface area (Å²) in [4.78, 5) is 27.4. The molecule has 2 aliphatic heterocycles. The molecule has 8 heteroatoms. The van der Waals surface area contributed by atoms with E-state index in [1.807, 2.05) is 43.3 Å². The highest BCUT2D eigenvalue weighted by Gasteiger charge is 2.36. The molecule has 3 aromatic rings. The third kappa shape index (κ3) is 3.67. The number of halogens is 1. The van der Waals surface area contributed by atoms with Gasteiger partial charge in [0.2, 0.25) is 6.79 Å². The second kappa shape index (κ2) is 8.41. The second-order valence-corrected chi connectivity index (χ2v) is 8.60. The first kappa shape index (κ1) is 20.7. The molecular weight excluding hydrogens is 450 g/mol. The molecule has 162 valence electrons. The predicted octanol–water partition coefficient (Wildman–Crippen LogP) is 5.86. The molecule has 0 saturated carbocycles. The molecule has 32 heavy (non-hydrogen) atoms. The highest BCUT2D eigenvalue weighted by Crippen LogP contribution is 2.40. The van der Waals surface area contributed by atoms with Crippen LogP contribution in [0.3, 0.4) is 0 Å². The molecule has 0 atom stereocenters. The van der Waals surface area contributed by atoms with Crippen LogP contribution in [0.15, 0.2) is 53.4 Å². The maximum Gasteiger partial charge on any atom is 0.293 e. The summed E-state index contributed by atoms with van der Waals surface area (Å²) in [6, 6.07) is 15.1. The molecular formula is C24H18ClNO5S. The number of rotatable bonds is 5. The van der Waals surface area contributed by atoms with Crippen molar-refractivity contribution < 1.29 is 23.8 Å². The molecule has 0 aromatic heterocycles. The van der Waals surface area contributed by atoms with Crippen molar-refractivity contribution in [2.24, 2.45) is 0 Å². The molecule has 0 unspecified atom stereocenters. The van der Waals surface area contributed by atoms with Gasteiger partial charge in [0.25, 0.3) is 11.1 Å². The fourth-order valence-corrected chi connectivity index (χ4v) is 4.76. The van der Waals surface area contributed by atoms with Gasteiger partial charge in [0.15, 0.2) is 11.5 Å². The maximum atomic E-state index is 13.2. The first-order valence-electron chi connectivity index (χ1n) is 10.0. The first-order valence-corrected chi connectivity index (χ1v) is 11.2. The van der Waals surface area contributed by atoms with Crippen LogP contribution in [0.4, 0.5) is 4.79 Å². The molecule has 1 fully saturated rings. The van der Waals surface area contributed by atoms with Crippen LogP contribution < -0.4 is 14.2 Å². The highest BCUT2D eigenvalue weighted by atomic mass is 35.5. The standard InChI is InChI=1S/C24H18ClNO5S/c1-2-29-19-8-7-14-5-3-4-6-16(14)17(19)10-22-23(27)26(24(28)32-22)12-15-9-20-21(11-18(15)25)31-13-30-20/h3-11H,2,12-13H2,1H3/b22-10-. The van der Waals surface area contributed by atoms with Crippen LogP contribution in [0, 0.1) is 0 Å². The topological polar surface area (TPSA) is 65.1 Å². The largest absolute Gasteiger partial charge is 0.493 e. The molecule has 6 nitrogen and oxygen atoms in total. The van der Waals surface area contributed by atoms with Gasteiger partial charge in [0.05, 0.1) is 18.1 Å². The van der Waals surface area contributed by atoms with Crippen LogP contribution >= 0.6 is 23.4 Å². The minimum Gasteiger partial charge on any atom is -0.493 e. The summed E-state index contributed by atoms with van der Waals surface area (Å²) in [5, 5.41) is 2.02. The van der Waals surface area contributed by atoms with Gasteiger partial charge in [0, 0.05) is 16.7 Å². The van der Waals surface area contributed by atoms with Gasteiger partial charge in [-0.15, -0.1) is 0 Å². The van der Waals surface area contributed by atoms with Gasteiger partial charge in [-0.25, -0.2) is 0 Å². The average Bonchev–Trinajstić information content (AvgIpc) is 3.34. The fourth-order valence-electron chi connectivity index (χ4n) is 3.72. The number of ether oxygens (including phenoxy) is 3. The second-order valence-electron chi connectivity index (χ2n) is 7.20. The summed E-state index contributed by atoms with van der Waals surface area (Å²) in [5.74, 6) is 1.39. The van der Waals surface area contributed by atoms with E-state index in [0.717, 1.165) is 28.1 Å². The van der Waals surface area contributed by atoms with Gasteiger partial charge in [0.1, 0.15) is 5.75 Å². The number of imide groups is 1. The molecule has 0 spiro atoms. The van der Waals surface area contributed by atoms with Crippen molar-refractivity contribution >= 4 is 51.4 Å². The number of fused-ring (bicyclic) bond motifs is 2. The summed E-state index contributed by atoms with van der Waals surface area (Å²) in [6.45, 7) is 2.56. The predicted molar refractivity (Wildman–Crippen MR) is 124 cm³/mol. The number of benzene rings is 3. The van der Waals surface area contributed by atoms with Crippen molar-refractivity contribution in [3.05, 3.63) is 69.6 Å². The lowest BCUT2D eigenvalue weighted by molar-refractivity contribution is -0.123. The summed E-state index contributed by atoms with van der Waals surface area (Å²) >= 11 is 7.25. The molecule has 0 aliphatic carbocycles. The maximum absolute atomic E-state index is 13.2. The minimum absolute atomic E-state index is 0.0470. The fraction of sp³-hybridized carbons (Fsp3) is 0.167. The number of carbonyl (C=O) groups excluding carboxylic acids is 2. The van der Waals surface area contributed by atoms with E-state index >= 15 is 0 Å². The van der Waals surface area contributed by atoms with E-state index in [1.165, 1.54) is 4.90 Å². The van der Waals surface area contributed by atoms with Gasteiger partial charge in [-0.3, -0.25) is 14.5 Å². The number of hydrogen-bond acceptors (Lipinski definition) is 6. The molecule has 2 heterocycles. The molecule has 1 saturated heterocycles. The van der Waals surface area contributed by atoms with Gasteiger partial charge in [-0.2, -0.15) is 0 Å². The van der Waals surface area contributed by atoms with Crippen molar-refractivity contribution in [2.45, 2.75) is 13.5 Å². The zero-order chi connectivity index (χ0) is 22.2. The smallest absolute Gasteiger partial charge is 0.293 e. The number of nitrogens with zero attached hydrogens (tertiary/aromatic N) is 1. The van der Waals surface area contributed by atoms with E-state index in [2.05, 4.69) is 0 Å². The van der Waals surface area contributed by atoms with Crippen molar-refractivity contribution in [2.75, 3.05) is 13.4 Å². The van der Waals surface area contributed by atoms with Crippen molar-refractivity contribution in [1.82, 2.24) is 4.90 Å². The number of amides is 2. The summed E-state index contributed by atoms with van der Waals surface area (Å²) in [7, 11) is 0. The number of carbonyl (C=O) groups is 2. The molecule has 2 amide bonds. The Morgan fingerprint density at radius 1 is 1.12 bits per heavy atom. The van der Waals surface area contributed by atoms with E-state index in [9.17, 15) is 9.59 Å². The van der Waals surface area contributed by atoms with Gasteiger partial charge < -0.3 is 14.2 Å². The Morgan fingerprint density at radius 2 is 1.91 bits per heavy atom. The normalized spacial score (nSPS) is 16.4. The van der Waals surface area contributed by atoms with Crippen LogP contribution in [0.25, 0.3) is 16.8 Å². The Morgan fingerprint density at radius 3 is 2.72 bits per heavy atom. The Balaban J connectivity index is 1.49. The summed E-state index contributed by atoms with van der Waals surface area (Å²) in [5.41, 5.74) is 1.39. The molecule has 5 rings (SSSR count). The number of hydrogen-bond donors (Lipinski definition) is 0. The van der Waals surface area contributed by atoms with Gasteiger partial charge in [-0.1, -0.05) is 41.9 Å². The zero-order valence-electron chi connectivity index (χ0n) is 17.1. The Kier molecular flexibility index (Phi) is 5.45. The van der Waals surface area contributed by atoms with Crippen LogP contribution in [0.1, 0.15) is 18.1 Å². The Labute approximate surface area is 193 Å². The van der Waals surface area contributed by atoms with Crippen LogP contribution in [0.2, 0.25) is 5.02 Å². The molecule has 0 bridgehead atoms. The van der Waals surface area contributed by atoms with E-state index in [-0.39, 0.29) is 24.5 Å². The van der Waals surface area contributed by atoms with Crippen LogP contribution in [-0.4, -0.2) is 29.4 Å². The van der Waals surface area contributed by atoms with Crippen molar-refractivity contribution in [3.63, 3.8) is 0 Å². The summed E-state index contributed by atoms with van der Waals surface area (Å²) in [6.07, 6.45) is 1.74. The quantitative estimate of drug-likeness (QED) is 0.438. The van der Waals surface area contributed by atoms with E-state index < -0.39 is 0 Å². The van der Waals surface area contributed by atoms with E-state index in [4.69, 9.17) is 25.8 Å². The number of thioether (sulfide) groups is 1. The average molecular weight is 468 g/mol. The first-order chi connectivity index (χ1) is 15.5. The summed E-state index contributed by atoms with van der Waals surface area (Å²) < 4.78 is 16.5. The Hall–Kier alpha value is -3.16. The van der Waals surface area contributed by atoms with E-state index in [0.29, 0.717) is 39.3 Å². The SMILES string of the molecule is CCOc1ccc2ccccc2c1/C=C1\SC(=O)N(Cc2cc3c(cc2Cl)OCO3)C1=O. The lowest BCUT2D eigenvalue weighted by Gasteiger charge is -2.14. The lowest BCUT2D eigenvalue weighted by atomic mass is 10.0. The third-order valence-electron chi connectivity index (χ3n) is 5.25. The lowest BCUT2D eigenvalue weighted by Crippen LogP contribution is -2.27. The van der Waals surface area contributed by atoms with Crippen LogP contribution in [-0.2, 0) is 11.3 Å². The molecule has 0 radical (unpaired) electrons. The van der Waals surface area contributed by atoms with Gasteiger partial charge >= 0.3 is 0 Å². The molecule has 3 aromatic carbocycles.